The molecule has 0 aliphatic carbocycles. The van der Waals surface area contributed by atoms with Crippen LogP contribution in [0, 0.1) is 0 Å². The van der Waals surface area contributed by atoms with E-state index in [1.165, 1.54) is 17.7 Å². The molecule has 0 amide bonds. The second-order valence-electron chi connectivity index (χ2n) is 5.46. The predicted molar refractivity (Wildman–Crippen MR) is 95.4 cm³/mol. The number of halogens is 1. The number of benzene rings is 1. The Balaban J connectivity index is 1.73. The van der Waals surface area contributed by atoms with Crippen LogP contribution in [0.4, 0.5) is 11.6 Å². The monoisotopic (exact) mass is 383 g/mol. The fourth-order valence-electron chi connectivity index (χ4n) is 2.63. The van der Waals surface area contributed by atoms with Crippen molar-refractivity contribution in [2.45, 2.75) is 4.90 Å². The van der Waals surface area contributed by atoms with Gasteiger partial charge < -0.3 is 15.4 Å². The third kappa shape index (κ3) is 3.48. The molecule has 0 saturated carbocycles. The number of nitrogens with zero attached hydrogens (tertiary/aromatic N) is 4. The summed E-state index contributed by atoms with van der Waals surface area (Å²) in [5, 5.41) is 0.286. The predicted octanol–water partition coefficient (Wildman–Crippen LogP) is 1.23. The molecular weight excluding hydrogens is 366 g/mol. The van der Waals surface area contributed by atoms with E-state index in [-0.39, 0.29) is 15.7 Å². The Morgan fingerprint density at radius 1 is 1.12 bits per heavy atom. The Morgan fingerprint density at radius 3 is 2.36 bits per heavy atom. The first-order valence-electron chi connectivity index (χ1n) is 7.58. The van der Waals surface area contributed by atoms with Crippen LogP contribution in [0.25, 0.3) is 0 Å². The van der Waals surface area contributed by atoms with Gasteiger partial charge in [0.15, 0.2) is 5.82 Å². The lowest BCUT2D eigenvalue weighted by molar-refractivity contribution is 0.383. The van der Waals surface area contributed by atoms with E-state index in [1.54, 1.807) is 24.3 Å². The van der Waals surface area contributed by atoms with Gasteiger partial charge in [0.25, 0.3) is 0 Å². The topological polar surface area (TPSA) is 102 Å². The highest BCUT2D eigenvalue weighted by molar-refractivity contribution is 7.89. The zero-order chi connectivity index (χ0) is 18.0. The second-order valence-corrected chi connectivity index (χ2v) is 7.78. The van der Waals surface area contributed by atoms with Crippen LogP contribution in [0.3, 0.4) is 0 Å². The quantitative estimate of drug-likeness (QED) is 0.847. The third-order valence-electron chi connectivity index (χ3n) is 4.03. The molecule has 0 unspecified atom stereocenters. The zero-order valence-electron chi connectivity index (χ0n) is 13.6. The van der Waals surface area contributed by atoms with E-state index >= 15 is 0 Å². The maximum absolute atomic E-state index is 12.7. The molecule has 2 heterocycles. The summed E-state index contributed by atoms with van der Waals surface area (Å²) in [5.74, 6) is 1.34. The molecule has 8 nitrogen and oxygen atoms in total. The van der Waals surface area contributed by atoms with Crippen LogP contribution in [-0.2, 0) is 10.0 Å². The molecule has 0 spiro atoms. The average Bonchev–Trinajstić information content (AvgIpc) is 2.64. The average molecular weight is 384 g/mol. The van der Waals surface area contributed by atoms with Gasteiger partial charge in [0.1, 0.15) is 22.9 Å². The summed E-state index contributed by atoms with van der Waals surface area (Å²) in [4.78, 5) is 10.1. The van der Waals surface area contributed by atoms with E-state index < -0.39 is 10.0 Å². The van der Waals surface area contributed by atoms with E-state index in [2.05, 4.69) is 9.97 Å². The summed E-state index contributed by atoms with van der Waals surface area (Å²) in [6.07, 6.45) is 1.34. The third-order valence-corrected chi connectivity index (χ3v) is 6.31. The fourth-order valence-corrected chi connectivity index (χ4v) is 4.27. The number of ether oxygens (including phenoxy) is 1. The standard InChI is InChI=1S/C15H18ClN5O3S/c1-24-11-2-4-12(5-3-11)25(22,23)21-8-6-20(7-9-21)15-13(16)14(17)18-10-19-15/h2-5,10H,6-9H2,1H3,(H2,17,18,19). The van der Waals surface area contributed by atoms with Crippen LogP contribution in [0.5, 0.6) is 5.75 Å². The van der Waals surface area contributed by atoms with Crippen molar-refractivity contribution < 1.29 is 13.2 Å². The second kappa shape index (κ2) is 7.03. The highest BCUT2D eigenvalue weighted by Gasteiger charge is 2.29. The smallest absolute Gasteiger partial charge is 0.243 e. The van der Waals surface area contributed by atoms with Crippen molar-refractivity contribution in [1.82, 2.24) is 14.3 Å². The minimum absolute atomic E-state index is 0.208. The molecule has 0 atom stereocenters. The first kappa shape index (κ1) is 17.7. The minimum atomic E-state index is -3.55. The lowest BCUT2D eigenvalue weighted by Gasteiger charge is -2.35. The number of hydrogen-bond acceptors (Lipinski definition) is 7. The molecule has 1 fully saturated rings. The van der Waals surface area contributed by atoms with Gasteiger partial charge in [0, 0.05) is 26.2 Å². The largest absolute Gasteiger partial charge is 0.497 e. The molecule has 0 bridgehead atoms. The van der Waals surface area contributed by atoms with Crippen LogP contribution >= 0.6 is 11.6 Å². The Morgan fingerprint density at radius 2 is 1.76 bits per heavy atom. The van der Waals surface area contributed by atoms with Gasteiger partial charge in [-0.3, -0.25) is 0 Å². The summed E-state index contributed by atoms with van der Waals surface area (Å²) < 4.78 is 32.0. The van der Waals surface area contributed by atoms with E-state index in [0.717, 1.165) is 0 Å². The lowest BCUT2D eigenvalue weighted by atomic mass is 10.3. The van der Waals surface area contributed by atoms with Crippen molar-refractivity contribution in [2.75, 3.05) is 43.9 Å². The van der Waals surface area contributed by atoms with Gasteiger partial charge in [-0.15, -0.1) is 0 Å². The molecule has 25 heavy (non-hydrogen) atoms. The molecule has 0 radical (unpaired) electrons. The van der Waals surface area contributed by atoms with Crippen LogP contribution in [0.2, 0.25) is 5.02 Å². The maximum atomic E-state index is 12.7. The van der Waals surface area contributed by atoms with Gasteiger partial charge >= 0.3 is 0 Å². The van der Waals surface area contributed by atoms with E-state index in [0.29, 0.717) is 37.7 Å². The van der Waals surface area contributed by atoms with Gasteiger partial charge in [-0.1, -0.05) is 11.6 Å². The van der Waals surface area contributed by atoms with Gasteiger partial charge in [0.05, 0.1) is 12.0 Å². The molecule has 2 aromatic rings. The Labute approximate surface area is 151 Å². The number of nitrogens with two attached hydrogens (primary N) is 1. The summed E-state index contributed by atoms with van der Waals surface area (Å²) in [5.41, 5.74) is 5.70. The molecule has 1 aliphatic rings. The Hall–Kier alpha value is -2.10. The first-order valence-corrected chi connectivity index (χ1v) is 9.40. The lowest BCUT2D eigenvalue weighted by Crippen LogP contribution is -2.49. The van der Waals surface area contributed by atoms with Crippen LogP contribution < -0.4 is 15.4 Å². The first-order chi connectivity index (χ1) is 11.9. The molecule has 1 aliphatic heterocycles. The molecule has 2 N–H and O–H groups in total. The van der Waals surface area contributed by atoms with E-state index in [4.69, 9.17) is 22.1 Å². The Bertz CT molecular complexity index is 852. The van der Waals surface area contributed by atoms with Crippen molar-refractivity contribution in [3.8, 4) is 5.75 Å². The fraction of sp³-hybridized carbons (Fsp3) is 0.333. The van der Waals surface area contributed by atoms with Gasteiger partial charge in [-0.25, -0.2) is 18.4 Å². The highest BCUT2D eigenvalue weighted by atomic mass is 35.5. The number of sulfonamides is 1. The van der Waals surface area contributed by atoms with Crippen molar-refractivity contribution in [3.63, 3.8) is 0 Å². The van der Waals surface area contributed by atoms with Crippen molar-refractivity contribution in [1.29, 1.82) is 0 Å². The highest BCUT2D eigenvalue weighted by Crippen LogP contribution is 2.28. The molecule has 1 aromatic heterocycles. The number of hydrogen-bond donors (Lipinski definition) is 1. The number of aromatic nitrogens is 2. The number of methoxy groups -OCH3 is 1. The van der Waals surface area contributed by atoms with Crippen molar-refractivity contribution in [3.05, 3.63) is 35.6 Å². The van der Waals surface area contributed by atoms with Crippen LogP contribution in [-0.4, -0.2) is 56.0 Å². The Kier molecular flexibility index (Phi) is 4.98. The molecule has 3 rings (SSSR count). The molecule has 10 heteroatoms. The SMILES string of the molecule is COc1ccc(S(=O)(=O)N2CCN(c3ncnc(N)c3Cl)CC2)cc1. The van der Waals surface area contributed by atoms with Gasteiger partial charge in [-0.05, 0) is 24.3 Å². The summed E-state index contributed by atoms with van der Waals surface area (Å²) in [6.45, 7) is 1.58. The summed E-state index contributed by atoms with van der Waals surface area (Å²) in [7, 11) is -2.01. The zero-order valence-corrected chi connectivity index (χ0v) is 15.2. The molecule has 1 aromatic carbocycles. The van der Waals surface area contributed by atoms with E-state index in [1.807, 2.05) is 4.90 Å². The van der Waals surface area contributed by atoms with Crippen molar-refractivity contribution in [2.24, 2.45) is 0 Å². The van der Waals surface area contributed by atoms with Crippen molar-refractivity contribution >= 4 is 33.3 Å². The van der Waals surface area contributed by atoms with Crippen LogP contribution in [0.15, 0.2) is 35.5 Å². The number of rotatable bonds is 4. The number of nitrogen functional groups attached to an aromatic ring is 1. The molecule has 134 valence electrons. The maximum Gasteiger partial charge on any atom is 0.243 e. The summed E-state index contributed by atoms with van der Waals surface area (Å²) in [6, 6.07) is 6.35. The molecule has 1 saturated heterocycles. The number of anilines is 2. The van der Waals surface area contributed by atoms with Gasteiger partial charge in [-0.2, -0.15) is 4.31 Å². The minimum Gasteiger partial charge on any atom is -0.497 e. The summed E-state index contributed by atoms with van der Waals surface area (Å²) >= 11 is 6.14. The number of piperazine rings is 1. The normalized spacial score (nSPS) is 16.0. The molecular formula is C15H18ClN5O3S. The van der Waals surface area contributed by atoms with Crippen LogP contribution in [0.1, 0.15) is 0 Å². The van der Waals surface area contributed by atoms with Gasteiger partial charge in [0.2, 0.25) is 10.0 Å². The van der Waals surface area contributed by atoms with E-state index in [9.17, 15) is 8.42 Å².